The minimum Gasteiger partial charge on any atom is -0.305 e. The lowest BCUT2D eigenvalue weighted by Gasteiger charge is -2.05. The molecule has 0 aliphatic carbocycles. The van der Waals surface area contributed by atoms with E-state index in [0.717, 1.165) is 0 Å². The number of amides is 2. The quantitative estimate of drug-likeness (QED) is 0.673. The summed E-state index contributed by atoms with van der Waals surface area (Å²) in [5.41, 5.74) is 1.72. The summed E-state index contributed by atoms with van der Waals surface area (Å²) < 4.78 is 0.697. The normalized spacial score (nSPS) is 10.5. The van der Waals surface area contributed by atoms with E-state index in [1.807, 2.05) is 0 Å². The van der Waals surface area contributed by atoms with Crippen molar-refractivity contribution in [2.45, 2.75) is 0 Å². The number of urea groups is 1. The number of carbonyl (C=O) groups is 1. The summed E-state index contributed by atoms with van der Waals surface area (Å²) in [4.78, 5) is 36.0. The highest BCUT2D eigenvalue weighted by molar-refractivity contribution is 9.10. The van der Waals surface area contributed by atoms with Gasteiger partial charge in [0.15, 0.2) is 5.36 Å². The molecule has 23 heavy (non-hydrogen) atoms. The first-order valence-corrected chi connectivity index (χ1v) is 7.45. The third kappa shape index (κ3) is 2.91. The minimum atomic E-state index is -0.652. The molecule has 0 spiro atoms. The molecule has 0 fully saturated rings. The van der Waals surface area contributed by atoms with E-state index in [4.69, 9.17) is 0 Å². The lowest BCUT2D eigenvalue weighted by Crippen LogP contribution is -2.36. The predicted octanol–water partition coefficient (Wildman–Crippen LogP) is 1.84. The Kier molecular flexibility index (Phi) is 4.03. The van der Waals surface area contributed by atoms with Gasteiger partial charge in [-0.1, -0.05) is 36.4 Å². The Hall–Kier alpha value is -2.80. The van der Waals surface area contributed by atoms with Gasteiger partial charge in [-0.05, 0) is 28.1 Å². The smallest absolute Gasteiger partial charge is 0.305 e. The fourth-order valence-corrected chi connectivity index (χ4v) is 2.54. The fourth-order valence-electron chi connectivity index (χ4n) is 2.16. The number of para-hydroxylation sites is 1. The van der Waals surface area contributed by atoms with Crippen molar-refractivity contribution in [1.29, 1.82) is 0 Å². The molecule has 0 saturated heterocycles. The van der Waals surface area contributed by atoms with Crippen molar-refractivity contribution in [3.63, 3.8) is 0 Å². The molecule has 3 aromatic carbocycles. The topological polar surface area (TPSA) is 87.6 Å². The van der Waals surface area contributed by atoms with Crippen LogP contribution >= 0.6 is 15.9 Å². The number of anilines is 1. The van der Waals surface area contributed by atoms with Crippen LogP contribution in [-0.2, 0) is 0 Å². The third-order valence-electron chi connectivity index (χ3n) is 3.24. The van der Waals surface area contributed by atoms with Crippen molar-refractivity contribution in [1.82, 2.24) is 5.43 Å². The second-order valence-corrected chi connectivity index (χ2v) is 5.56. The van der Waals surface area contributed by atoms with Gasteiger partial charge in [0.1, 0.15) is 0 Å². The molecule has 6 nitrogen and oxygen atoms in total. The van der Waals surface area contributed by atoms with Gasteiger partial charge in [0.05, 0.1) is 5.69 Å². The van der Waals surface area contributed by atoms with Gasteiger partial charge in [0.25, 0.3) is 0 Å². The van der Waals surface area contributed by atoms with Gasteiger partial charge in [-0.25, -0.2) is 10.2 Å². The Morgan fingerprint density at radius 3 is 2.09 bits per heavy atom. The molecule has 0 heterocycles. The molecule has 7 heteroatoms. The van der Waals surface area contributed by atoms with E-state index in [9.17, 15) is 14.4 Å². The zero-order chi connectivity index (χ0) is 16.4. The lowest BCUT2D eigenvalue weighted by atomic mass is 10.2. The van der Waals surface area contributed by atoms with E-state index in [1.54, 1.807) is 48.5 Å². The summed E-state index contributed by atoms with van der Waals surface area (Å²) in [6.45, 7) is 0. The number of halogens is 1. The first kappa shape index (κ1) is 15.1. The van der Waals surface area contributed by atoms with Crippen molar-refractivity contribution in [2.75, 3.05) is 5.32 Å². The van der Waals surface area contributed by atoms with Crippen LogP contribution in [0.5, 0.6) is 0 Å². The molecule has 0 aliphatic heterocycles. The van der Waals surface area contributed by atoms with E-state index < -0.39 is 16.9 Å². The molecule has 0 aromatic heterocycles. The molecule has 2 N–H and O–H groups in total. The van der Waals surface area contributed by atoms with Crippen LogP contribution in [0.25, 0.3) is 10.8 Å². The molecule has 2 amide bonds. The maximum atomic E-state index is 12.1. The molecule has 114 valence electrons. The summed E-state index contributed by atoms with van der Waals surface area (Å²) in [7, 11) is 0. The van der Waals surface area contributed by atoms with Crippen LogP contribution in [0.4, 0.5) is 10.5 Å². The Balaban J connectivity index is 1.89. The molecule has 3 rings (SSSR count). The Morgan fingerprint density at radius 2 is 1.48 bits per heavy atom. The van der Waals surface area contributed by atoms with Gasteiger partial charge < -0.3 is 5.32 Å². The molecule has 0 bridgehead atoms. The fraction of sp³-hybridized carbons (Fsp3) is 0. The average Bonchev–Trinajstić information content (AvgIpc) is 2.80. The maximum Gasteiger partial charge on any atom is 0.339 e. The molecular weight excluding hydrogens is 362 g/mol. The van der Waals surface area contributed by atoms with Crippen molar-refractivity contribution in [2.24, 2.45) is 5.10 Å². The van der Waals surface area contributed by atoms with Crippen LogP contribution < -0.4 is 27.0 Å². The van der Waals surface area contributed by atoms with Crippen LogP contribution in [0.15, 0.2) is 67.7 Å². The molecule has 0 atom stereocenters. The van der Waals surface area contributed by atoms with Gasteiger partial charge in [0.2, 0.25) is 10.9 Å². The highest BCUT2D eigenvalue weighted by Crippen LogP contribution is 2.20. The van der Waals surface area contributed by atoms with Crippen LogP contribution in [0.1, 0.15) is 0 Å². The second-order valence-electron chi connectivity index (χ2n) is 4.71. The number of rotatable bonds is 2. The molecule has 0 unspecified atom stereocenters. The summed E-state index contributed by atoms with van der Waals surface area (Å²) in [5.74, 6) is 0. The van der Waals surface area contributed by atoms with Gasteiger partial charge in [-0.3, -0.25) is 9.59 Å². The number of nitrogens with one attached hydrogen (secondary N) is 2. The number of nitrogens with zero attached hydrogens (tertiary/aromatic N) is 1. The van der Waals surface area contributed by atoms with Gasteiger partial charge in [-0.15, -0.1) is 0 Å². The summed E-state index contributed by atoms with van der Waals surface area (Å²) >= 11 is 3.29. The van der Waals surface area contributed by atoms with E-state index >= 15 is 0 Å². The van der Waals surface area contributed by atoms with Crippen LogP contribution in [0, 0.1) is 0 Å². The zero-order valence-corrected chi connectivity index (χ0v) is 13.3. The number of carbonyl (C=O) groups excluding carboxylic acids is 1. The molecule has 0 saturated carbocycles. The van der Waals surface area contributed by atoms with E-state index in [0.29, 0.717) is 20.9 Å². The minimum absolute atomic E-state index is 0.296. The van der Waals surface area contributed by atoms with E-state index in [1.165, 1.54) is 0 Å². The predicted molar refractivity (Wildman–Crippen MR) is 90.7 cm³/mol. The van der Waals surface area contributed by atoms with Crippen LogP contribution in [0.3, 0.4) is 0 Å². The van der Waals surface area contributed by atoms with E-state index in [2.05, 4.69) is 31.8 Å². The molecule has 0 radical (unpaired) electrons. The van der Waals surface area contributed by atoms with Crippen LogP contribution in [0.2, 0.25) is 0 Å². The highest BCUT2D eigenvalue weighted by Gasteiger charge is 2.10. The lowest BCUT2D eigenvalue weighted by molar-refractivity contribution is 0.252. The third-order valence-corrected chi connectivity index (χ3v) is 3.93. The van der Waals surface area contributed by atoms with Crippen molar-refractivity contribution >= 4 is 38.4 Å². The Morgan fingerprint density at radius 1 is 0.913 bits per heavy atom. The Bertz CT molecular complexity index is 1000. The average molecular weight is 372 g/mol. The van der Waals surface area contributed by atoms with Gasteiger partial charge in [-0.2, -0.15) is 5.10 Å². The molecule has 3 aromatic rings. The summed E-state index contributed by atoms with van der Waals surface area (Å²) in [5, 5.41) is 6.52. The first-order valence-electron chi connectivity index (χ1n) is 6.65. The van der Waals surface area contributed by atoms with Crippen molar-refractivity contribution in [3.8, 4) is 0 Å². The van der Waals surface area contributed by atoms with Gasteiger partial charge >= 0.3 is 6.03 Å². The van der Waals surface area contributed by atoms with E-state index in [-0.39, 0.29) is 5.36 Å². The highest BCUT2D eigenvalue weighted by atomic mass is 79.9. The summed E-state index contributed by atoms with van der Waals surface area (Å²) in [6.07, 6.45) is 0. The second kappa shape index (κ2) is 6.13. The largest absolute Gasteiger partial charge is 0.339 e. The Labute approximate surface area is 138 Å². The van der Waals surface area contributed by atoms with Crippen LogP contribution in [-0.4, -0.2) is 6.03 Å². The molecule has 0 aliphatic rings. The zero-order valence-electron chi connectivity index (χ0n) is 11.7. The number of fused-ring (bicyclic) bond motifs is 1. The summed E-state index contributed by atoms with van der Waals surface area (Å²) in [6, 6.07) is 12.8. The molecular formula is C16H10BrN3O3. The monoisotopic (exact) mass is 371 g/mol. The van der Waals surface area contributed by atoms with Gasteiger partial charge in [0, 0.05) is 15.2 Å². The standard InChI is InChI=1S/C16H10BrN3O3/c17-11-7-3-4-8-12(11)18-16(23)20-19-13-14(21)9-5-1-2-6-10(9)15(13)22/h1-8H,(H2,18,20,23). The first-order chi connectivity index (χ1) is 11.1. The maximum absolute atomic E-state index is 12.1. The number of benzene rings is 2. The van der Waals surface area contributed by atoms with Crippen molar-refractivity contribution in [3.05, 3.63) is 78.8 Å². The van der Waals surface area contributed by atoms with Crippen molar-refractivity contribution < 1.29 is 4.79 Å². The number of hydrogen-bond acceptors (Lipinski definition) is 4. The number of hydrogen-bond donors (Lipinski definition) is 2. The SMILES string of the molecule is O=C(NN=c1c(=O)c2ccccc2c1=O)Nc1ccccc1Br.